The molecule has 2 N–H and O–H groups in total. The van der Waals surface area contributed by atoms with Gasteiger partial charge in [0.05, 0.1) is 0 Å². The van der Waals surface area contributed by atoms with Crippen LogP contribution in [0.5, 0.6) is 0 Å². The molecule has 0 unspecified atom stereocenters. The van der Waals surface area contributed by atoms with E-state index in [1.807, 2.05) is 11.0 Å². The number of H-pyrrole nitrogens is 1. The molecule has 3 aromatic rings. The Hall–Kier alpha value is -3.09. The summed E-state index contributed by atoms with van der Waals surface area (Å²) in [4.78, 5) is 21.8. The molecule has 0 aliphatic carbocycles. The molecule has 140 valence electrons. The van der Waals surface area contributed by atoms with Crippen molar-refractivity contribution < 1.29 is 9.32 Å². The summed E-state index contributed by atoms with van der Waals surface area (Å²) in [5.41, 5.74) is 4.91. The largest absolute Gasteiger partial charge is 0.358 e. The lowest BCUT2D eigenvalue weighted by Crippen LogP contribution is -2.42. The van der Waals surface area contributed by atoms with Crippen molar-refractivity contribution >= 4 is 22.5 Å². The summed E-state index contributed by atoms with van der Waals surface area (Å²) in [6.07, 6.45) is 3.54. The molecule has 0 radical (unpaired) electrons. The van der Waals surface area contributed by atoms with E-state index in [9.17, 15) is 4.79 Å². The van der Waals surface area contributed by atoms with Gasteiger partial charge in [0.1, 0.15) is 0 Å². The SMILES string of the molecule is Cc1noc(CCNC(=O)N2CC=C(c3c(C)[nH]c4ccccc34)CC2)n1. The first-order chi connectivity index (χ1) is 13.1. The van der Waals surface area contributed by atoms with Gasteiger partial charge in [-0.25, -0.2) is 4.79 Å². The third-order valence-electron chi connectivity index (χ3n) is 4.90. The van der Waals surface area contributed by atoms with Crippen LogP contribution in [0, 0.1) is 13.8 Å². The summed E-state index contributed by atoms with van der Waals surface area (Å²) in [6, 6.07) is 8.29. The first-order valence-corrected chi connectivity index (χ1v) is 9.20. The van der Waals surface area contributed by atoms with Gasteiger partial charge in [-0.2, -0.15) is 4.98 Å². The molecule has 0 saturated carbocycles. The van der Waals surface area contributed by atoms with Crippen LogP contribution in [0.3, 0.4) is 0 Å². The second-order valence-corrected chi connectivity index (χ2v) is 6.81. The summed E-state index contributed by atoms with van der Waals surface area (Å²) >= 11 is 0. The second kappa shape index (κ2) is 7.26. The fourth-order valence-electron chi connectivity index (χ4n) is 3.60. The van der Waals surface area contributed by atoms with Gasteiger partial charge in [0.25, 0.3) is 0 Å². The molecule has 7 heteroatoms. The lowest BCUT2D eigenvalue weighted by atomic mass is 9.97. The lowest BCUT2D eigenvalue weighted by Gasteiger charge is -2.27. The Morgan fingerprint density at radius 2 is 2.19 bits per heavy atom. The molecule has 27 heavy (non-hydrogen) atoms. The Kier molecular flexibility index (Phi) is 4.66. The highest BCUT2D eigenvalue weighted by Crippen LogP contribution is 2.32. The van der Waals surface area contributed by atoms with Crippen molar-refractivity contribution in [2.24, 2.45) is 0 Å². The van der Waals surface area contributed by atoms with Crippen molar-refractivity contribution in [2.75, 3.05) is 19.6 Å². The first kappa shape index (κ1) is 17.3. The van der Waals surface area contributed by atoms with Gasteiger partial charge in [-0.15, -0.1) is 0 Å². The number of nitrogens with one attached hydrogen (secondary N) is 2. The van der Waals surface area contributed by atoms with Crippen molar-refractivity contribution in [1.82, 2.24) is 25.3 Å². The molecule has 0 bridgehead atoms. The number of nitrogens with zero attached hydrogens (tertiary/aromatic N) is 3. The standard InChI is InChI=1S/C20H23N5O2/c1-13-19(16-5-3-4-6-17(16)22-13)15-8-11-25(12-9-15)20(26)21-10-7-18-23-14(2)24-27-18/h3-6,8,22H,7,9-12H2,1-2H3,(H,21,26). The van der Waals surface area contributed by atoms with Gasteiger partial charge in [0, 0.05) is 48.2 Å². The van der Waals surface area contributed by atoms with Crippen molar-refractivity contribution in [3.63, 3.8) is 0 Å². The molecule has 0 atom stereocenters. The van der Waals surface area contributed by atoms with E-state index in [2.05, 4.69) is 51.6 Å². The van der Waals surface area contributed by atoms with Crippen molar-refractivity contribution in [3.8, 4) is 0 Å². The van der Waals surface area contributed by atoms with E-state index in [-0.39, 0.29) is 6.03 Å². The number of fused-ring (bicyclic) bond motifs is 1. The molecule has 2 aromatic heterocycles. The fourth-order valence-corrected chi connectivity index (χ4v) is 3.60. The topological polar surface area (TPSA) is 87.0 Å². The molecule has 0 spiro atoms. The number of amides is 2. The van der Waals surface area contributed by atoms with E-state index >= 15 is 0 Å². The number of aryl methyl sites for hydroxylation is 2. The Labute approximate surface area is 157 Å². The molecule has 4 rings (SSSR count). The van der Waals surface area contributed by atoms with Gasteiger partial charge >= 0.3 is 6.03 Å². The number of urea groups is 1. The Morgan fingerprint density at radius 3 is 2.93 bits per heavy atom. The van der Waals surface area contributed by atoms with Crippen LogP contribution in [0.25, 0.3) is 16.5 Å². The smallest absolute Gasteiger partial charge is 0.317 e. The highest BCUT2D eigenvalue weighted by atomic mass is 16.5. The number of para-hydroxylation sites is 1. The summed E-state index contributed by atoms with van der Waals surface area (Å²) in [6.45, 7) is 5.68. The molecule has 0 saturated heterocycles. The van der Waals surface area contributed by atoms with E-state index in [4.69, 9.17) is 4.52 Å². The molecular weight excluding hydrogens is 342 g/mol. The van der Waals surface area contributed by atoms with E-state index in [0.717, 1.165) is 11.9 Å². The van der Waals surface area contributed by atoms with E-state index in [1.54, 1.807) is 6.92 Å². The highest BCUT2D eigenvalue weighted by molar-refractivity contribution is 5.94. The predicted molar refractivity (Wildman–Crippen MR) is 103 cm³/mol. The zero-order valence-corrected chi connectivity index (χ0v) is 15.6. The minimum atomic E-state index is -0.0582. The van der Waals surface area contributed by atoms with Gasteiger partial charge in [0.15, 0.2) is 5.82 Å². The average Bonchev–Trinajstić information content (AvgIpc) is 3.23. The normalized spacial score (nSPS) is 14.4. The van der Waals surface area contributed by atoms with Crippen molar-refractivity contribution in [2.45, 2.75) is 26.7 Å². The van der Waals surface area contributed by atoms with Crippen LogP contribution in [-0.2, 0) is 6.42 Å². The Bertz CT molecular complexity index is 1000. The predicted octanol–water partition coefficient (Wildman–Crippen LogP) is 3.21. The van der Waals surface area contributed by atoms with Crippen LogP contribution in [-0.4, -0.2) is 45.7 Å². The summed E-state index contributed by atoms with van der Waals surface area (Å²) < 4.78 is 5.05. The third-order valence-corrected chi connectivity index (χ3v) is 4.90. The zero-order chi connectivity index (χ0) is 18.8. The molecule has 3 heterocycles. The molecule has 2 amide bonds. The highest BCUT2D eigenvalue weighted by Gasteiger charge is 2.20. The molecule has 1 aliphatic heterocycles. The monoisotopic (exact) mass is 365 g/mol. The van der Waals surface area contributed by atoms with Crippen LogP contribution >= 0.6 is 0 Å². The minimum absolute atomic E-state index is 0.0582. The fraction of sp³-hybridized carbons (Fsp3) is 0.350. The van der Waals surface area contributed by atoms with Crippen LogP contribution in [0.4, 0.5) is 4.79 Å². The Balaban J connectivity index is 1.37. The second-order valence-electron chi connectivity index (χ2n) is 6.81. The maximum atomic E-state index is 12.4. The van der Waals surface area contributed by atoms with Gasteiger partial charge < -0.3 is 19.7 Å². The number of rotatable bonds is 4. The number of carbonyl (C=O) groups excluding carboxylic acids is 1. The maximum Gasteiger partial charge on any atom is 0.317 e. The average molecular weight is 365 g/mol. The number of aromatic nitrogens is 3. The number of aromatic amines is 1. The number of carbonyl (C=O) groups is 1. The van der Waals surface area contributed by atoms with Crippen LogP contribution in [0.2, 0.25) is 0 Å². The van der Waals surface area contributed by atoms with E-state index < -0.39 is 0 Å². The minimum Gasteiger partial charge on any atom is -0.358 e. The number of benzene rings is 1. The quantitative estimate of drug-likeness (QED) is 0.743. The Morgan fingerprint density at radius 1 is 1.33 bits per heavy atom. The number of hydrogen-bond acceptors (Lipinski definition) is 4. The molecular formula is C20H23N5O2. The van der Waals surface area contributed by atoms with Crippen LogP contribution in [0.1, 0.15) is 29.4 Å². The molecule has 0 fully saturated rings. The van der Waals surface area contributed by atoms with Gasteiger partial charge in [0.2, 0.25) is 5.89 Å². The summed E-state index contributed by atoms with van der Waals surface area (Å²) in [5.74, 6) is 1.15. The lowest BCUT2D eigenvalue weighted by molar-refractivity contribution is 0.203. The van der Waals surface area contributed by atoms with Gasteiger partial charge in [-0.05, 0) is 31.9 Å². The van der Waals surface area contributed by atoms with Crippen LogP contribution in [0.15, 0.2) is 34.9 Å². The first-order valence-electron chi connectivity index (χ1n) is 9.20. The third kappa shape index (κ3) is 3.58. The molecule has 1 aliphatic rings. The summed E-state index contributed by atoms with van der Waals surface area (Å²) in [5, 5.41) is 7.91. The van der Waals surface area contributed by atoms with Crippen LogP contribution < -0.4 is 5.32 Å². The van der Waals surface area contributed by atoms with Crippen molar-refractivity contribution in [1.29, 1.82) is 0 Å². The molecule has 1 aromatic carbocycles. The van der Waals surface area contributed by atoms with E-state index in [0.29, 0.717) is 37.8 Å². The number of hydrogen-bond donors (Lipinski definition) is 2. The van der Waals surface area contributed by atoms with Crippen molar-refractivity contribution in [3.05, 3.63) is 53.3 Å². The zero-order valence-electron chi connectivity index (χ0n) is 15.6. The molecule has 7 nitrogen and oxygen atoms in total. The van der Waals surface area contributed by atoms with Gasteiger partial charge in [-0.1, -0.05) is 29.4 Å². The van der Waals surface area contributed by atoms with E-state index in [1.165, 1.54) is 22.2 Å². The summed E-state index contributed by atoms with van der Waals surface area (Å²) in [7, 11) is 0. The maximum absolute atomic E-state index is 12.4. The van der Waals surface area contributed by atoms with Gasteiger partial charge in [-0.3, -0.25) is 0 Å².